The van der Waals surface area contributed by atoms with E-state index in [1.807, 2.05) is 6.07 Å². The number of rotatable bonds is 1. The van der Waals surface area contributed by atoms with Crippen molar-refractivity contribution in [3.05, 3.63) is 27.6 Å². The van der Waals surface area contributed by atoms with E-state index in [1.54, 1.807) is 13.2 Å². The Morgan fingerprint density at radius 3 is 3.00 bits per heavy atom. The Balaban J connectivity index is 1.98. The van der Waals surface area contributed by atoms with Gasteiger partial charge in [0.2, 0.25) is 5.75 Å². The predicted octanol–water partition coefficient (Wildman–Crippen LogP) is 2.56. The van der Waals surface area contributed by atoms with E-state index in [2.05, 4.69) is 10.3 Å². The molecule has 0 amide bonds. The van der Waals surface area contributed by atoms with Crippen LogP contribution in [0, 0.1) is 5.92 Å². The lowest BCUT2D eigenvalue weighted by atomic mass is 10.1. The largest absolute Gasteiger partial charge is 0.486 e. The first-order valence-corrected chi connectivity index (χ1v) is 7.60. The van der Waals surface area contributed by atoms with Gasteiger partial charge < -0.3 is 10.1 Å². The Bertz CT molecular complexity index is 783. The number of nitrogens with one attached hydrogen (secondary N) is 1. The van der Waals surface area contributed by atoms with Crippen LogP contribution in [0.25, 0.3) is 11.0 Å². The molecule has 2 aromatic heterocycles. The highest BCUT2D eigenvalue weighted by molar-refractivity contribution is 6.31. The summed E-state index contributed by atoms with van der Waals surface area (Å²) in [5.41, 5.74) is 1.21. The minimum atomic E-state index is -0.156. The number of aromatic nitrogens is 2. The molecule has 3 heterocycles. The van der Waals surface area contributed by atoms with Crippen molar-refractivity contribution < 1.29 is 4.74 Å². The Kier molecular flexibility index (Phi) is 2.85. The topological polar surface area (TPSA) is 56.2 Å². The maximum atomic E-state index is 12.5. The average Bonchev–Trinajstić information content (AvgIpc) is 3.29. The minimum absolute atomic E-state index is 0.156. The molecule has 1 aliphatic heterocycles. The SMILES string of the molecule is Cn1c(=O)c2c(c3cc(Cl)cnc31)NC(C1CC1)CCO2. The predicted molar refractivity (Wildman–Crippen MR) is 82.2 cm³/mol. The van der Waals surface area contributed by atoms with Gasteiger partial charge in [0.05, 0.1) is 17.3 Å². The van der Waals surface area contributed by atoms with Crippen LogP contribution in [0.3, 0.4) is 0 Å². The summed E-state index contributed by atoms with van der Waals surface area (Å²) in [6.07, 6.45) is 4.97. The van der Waals surface area contributed by atoms with Crippen LogP contribution in [0.15, 0.2) is 17.1 Å². The fraction of sp³-hybridized carbons (Fsp3) is 0.467. The molecule has 1 saturated carbocycles. The van der Waals surface area contributed by atoms with E-state index in [-0.39, 0.29) is 5.56 Å². The number of hydrogen-bond acceptors (Lipinski definition) is 4. The van der Waals surface area contributed by atoms with Crippen molar-refractivity contribution in [3.63, 3.8) is 0 Å². The molecular weight excluding hydrogens is 290 g/mol. The van der Waals surface area contributed by atoms with Gasteiger partial charge in [-0.3, -0.25) is 9.36 Å². The summed E-state index contributed by atoms with van der Waals surface area (Å²) < 4.78 is 7.27. The summed E-state index contributed by atoms with van der Waals surface area (Å²) in [5.74, 6) is 1.07. The number of pyridine rings is 2. The monoisotopic (exact) mass is 305 g/mol. The van der Waals surface area contributed by atoms with Gasteiger partial charge in [-0.05, 0) is 24.8 Å². The second kappa shape index (κ2) is 4.63. The molecule has 5 nitrogen and oxygen atoms in total. The Hall–Kier alpha value is -1.75. The third-order valence-electron chi connectivity index (χ3n) is 4.34. The first-order chi connectivity index (χ1) is 10.1. The van der Waals surface area contributed by atoms with Crippen molar-refractivity contribution >= 4 is 28.3 Å². The van der Waals surface area contributed by atoms with Gasteiger partial charge >= 0.3 is 0 Å². The Morgan fingerprint density at radius 2 is 2.24 bits per heavy atom. The molecule has 0 aromatic carbocycles. The van der Waals surface area contributed by atoms with Crippen LogP contribution >= 0.6 is 11.6 Å². The standard InChI is InChI=1S/C15H16ClN3O2/c1-19-14-10(6-9(16)7-17-14)12-13(15(19)20)21-5-4-11(18-12)8-2-3-8/h6-8,11,18H,2-5H2,1H3. The number of fused-ring (bicyclic) bond motifs is 3. The lowest BCUT2D eigenvalue weighted by molar-refractivity contribution is 0.303. The number of nitrogens with zero attached hydrogens (tertiary/aromatic N) is 2. The molecule has 0 saturated heterocycles. The van der Waals surface area contributed by atoms with Gasteiger partial charge in [-0.15, -0.1) is 0 Å². The molecule has 6 heteroatoms. The summed E-state index contributed by atoms with van der Waals surface area (Å²) in [6, 6.07) is 2.20. The van der Waals surface area contributed by atoms with Crippen LogP contribution < -0.4 is 15.6 Å². The number of hydrogen-bond donors (Lipinski definition) is 1. The smallest absolute Gasteiger partial charge is 0.296 e. The van der Waals surface area contributed by atoms with Crippen molar-refractivity contribution in [2.75, 3.05) is 11.9 Å². The van der Waals surface area contributed by atoms with E-state index < -0.39 is 0 Å². The number of anilines is 1. The highest BCUT2D eigenvalue weighted by atomic mass is 35.5. The molecule has 1 aliphatic carbocycles. The third kappa shape index (κ3) is 2.07. The molecule has 0 bridgehead atoms. The van der Waals surface area contributed by atoms with Gasteiger partial charge in [0.1, 0.15) is 5.65 Å². The molecule has 1 atom stereocenters. The van der Waals surface area contributed by atoms with E-state index in [0.29, 0.717) is 35.0 Å². The first kappa shape index (κ1) is 13.0. The van der Waals surface area contributed by atoms with Crippen LogP contribution in [0.2, 0.25) is 5.02 Å². The van der Waals surface area contributed by atoms with Gasteiger partial charge in [-0.2, -0.15) is 0 Å². The summed E-state index contributed by atoms with van der Waals surface area (Å²) >= 11 is 6.09. The van der Waals surface area contributed by atoms with Crippen molar-refractivity contribution in [2.45, 2.75) is 25.3 Å². The van der Waals surface area contributed by atoms with Crippen molar-refractivity contribution in [2.24, 2.45) is 13.0 Å². The fourth-order valence-electron chi connectivity index (χ4n) is 3.04. The molecule has 1 fully saturated rings. The molecule has 0 radical (unpaired) electrons. The van der Waals surface area contributed by atoms with Crippen molar-refractivity contribution in [3.8, 4) is 5.75 Å². The van der Waals surface area contributed by atoms with Crippen molar-refractivity contribution in [1.29, 1.82) is 0 Å². The lowest BCUT2D eigenvalue weighted by Gasteiger charge is -2.18. The summed E-state index contributed by atoms with van der Waals surface area (Å²) in [5, 5.41) is 4.92. The quantitative estimate of drug-likeness (QED) is 0.880. The highest BCUT2D eigenvalue weighted by Crippen LogP contribution is 2.40. The average molecular weight is 306 g/mol. The van der Waals surface area contributed by atoms with E-state index in [0.717, 1.165) is 17.5 Å². The number of aryl methyl sites for hydroxylation is 1. The summed E-state index contributed by atoms with van der Waals surface area (Å²) in [4.78, 5) is 16.8. The van der Waals surface area contributed by atoms with Crippen LogP contribution in [0.5, 0.6) is 5.75 Å². The maximum absolute atomic E-state index is 12.5. The maximum Gasteiger partial charge on any atom is 0.296 e. The third-order valence-corrected chi connectivity index (χ3v) is 4.55. The van der Waals surface area contributed by atoms with Gasteiger partial charge in [-0.25, -0.2) is 4.98 Å². The molecule has 110 valence electrons. The Labute approximate surface area is 126 Å². The zero-order valence-corrected chi connectivity index (χ0v) is 12.5. The summed E-state index contributed by atoms with van der Waals surface area (Å²) in [7, 11) is 1.71. The molecule has 1 N–H and O–H groups in total. The van der Waals surface area contributed by atoms with Crippen LogP contribution in [-0.2, 0) is 7.05 Å². The van der Waals surface area contributed by atoms with Gasteiger partial charge in [-0.1, -0.05) is 11.6 Å². The van der Waals surface area contributed by atoms with Crippen LogP contribution in [-0.4, -0.2) is 22.2 Å². The zero-order chi connectivity index (χ0) is 14.6. The zero-order valence-electron chi connectivity index (χ0n) is 11.7. The number of halogens is 1. The Morgan fingerprint density at radius 1 is 1.43 bits per heavy atom. The van der Waals surface area contributed by atoms with E-state index in [4.69, 9.17) is 16.3 Å². The van der Waals surface area contributed by atoms with E-state index in [9.17, 15) is 4.79 Å². The van der Waals surface area contributed by atoms with E-state index in [1.165, 1.54) is 17.4 Å². The summed E-state index contributed by atoms with van der Waals surface area (Å²) in [6.45, 7) is 0.565. The molecule has 2 aromatic rings. The molecule has 0 spiro atoms. The van der Waals surface area contributed by atoms with Gasteiger partial charge in [0.15, 0.2) is 0 Å². The lowest BCUT2D eigenvalue weighted by Crippen LogP contribution is -2.23. The molecule has 21 heavy (non-hydrogen) atoms. The second-order valence-corrected chi connectivity index (χ2v) is 6.25. The minimum Gasteiger partial charge on any atom is -0.486 e. The van der Waals surface area contributed by atoms with Gasteiger partial charge in [0.25, 0.3) is 5.56 Å². The second-order valence-electron chi connectivity index (χ2n) is 5.82. The van der Waals surface area contributed by atoms with Crippen LogP contribution in [0.4, 0.5) is 5.69 Å². The molecule has 4 rings (SSSR count). The fourth-order valence-corrected chi connectivity index (χ4v) is 3.19. The van der Waals surface area contributed by atoms with Crippen LogP contribution in [0.1, 0.15) is 19.3 Å². The molecular formula is C15H16ClN3O2. The number of ether oxygens (including phenoxy) is 1. The normalized spacial score (nSPS) is 21.3. The molecule has 2 aliphatic rings. The van der Waals surface area contributed by atoms with E-state index >= 15 is 0 Å². The first-order valence-electron chi connectivity index (χ1n) is 7.22. The highest BCUT2D eigenvalue weighted by Gasteiger charge is 2.34. The van der Waals surface area contributed by atoms with Crippen molar-refractivity contribution in [1.82, 2.24) is 9.55 Å². The van der Waals surface area contributed by atoms with Gasteiger partial charge in [0, 0.05) is 31.1 Å². The molecule has 1 unspecified atom stereocenters.